The van der Waals surface area contributed by atoms with Gasteiger partial charge < -0.3 is 15.0 Å². The third-order valence-electron chi connectivity index (χ3n) is 6.23. The molecule has 26 heavy (non-hydrogen) atoms. The van der Waals surface area contributed by atoms with Crippen molar-refractivity contribution in [1.29, 1.82) is 0 Å². The smallest absolute Gasteiger partial charge is 0.379 e. The number of nitrogens with zero attached hydrogens (tertiary/aromatic N) is 2. The van der Waals surface area contributed by atoms with E-state index in [0.717, 1.165) is 38.2 Å². The molecule has 4 rings (SSSR count). The number of pyridine rings is 1. The van der Waals surface area contributed by atoms with Crippen LogP contribution in [0.3, 0.4) is 0 Å². The Morgan fingerprint density at radius 1 is 1.35 bits per heavy atom. The van der Waals surface area contributed by atoms with Gasteiger partial charge in [0.05, 0.1) is 36.1 Å². The molecule has 0 radical (unpaired) electrons. The van der Waals surface area contributed by atoms with E-state index in [1.54, 1.807) is 11.8 Å². The Morgan fingerprint density at radius 3 is 2.77 bits per heavy atom. The van der Waals surface area contributed by atoms with E-state index in [9.17, 15) is 18.0 Å². The minimum Gasteiger partial charge on any atom is -0.379 e. The summed E-state index contributed by atoms with van der Waals surface area (Å²) in [5.74, 6) is -0.107. The number of hydrogen-bond donors (Lipinski definition) is 1. The van der Waals surface area contributed by atoms with E-state index in [0.29, 0.717) is 25.5 Å². The Bertz CT molecular complexity index is 716. The van der Waals surface area contributed by atoms with Crippen molar-refractivity contribution < 1.29 is 22.7 Å². The first-order valence-corrected chi connectivity index (χ1v) is 8.95. The SMILES string of the molecule is Cc1ncc(C(F)(F)F)cc1C(=O)N1CC2(CCNCC2)[C@H]2COC[C@H]21. The van der Waals surface area contributed by atoms with Gasteiger partial charge in [0.1, 0.15) is 0 Å². The molecule has 3 aliphatic rings. The number of piperidine rings is 1. The second kappa shape index (κ2) is 6.20. The van der Waals surface area contributed by atoms with E-state index in [1.807, 2.05) is 0 Å². The van der Waals surface area contributed by atoms with Crippen molar-refractivity contribution in [1.82, 2.24) is 15.2 Å². The summed E-state index contributed by atoms with van der Waals surface area (Å²) in [6, 6.07) is 0.873. The molecule has 5 nitrogen and oxygen atoms in total. The molecule has 1 N–H and O–H groups in total. The van der Waals surface area contributed by atoms with Crippen LogP contribution < -0.4 is 5.32 Å². The number of hydrogen-bond acceptors (Lipinski definition) is 4. The third kappa shape index (κ3) is 2.79. The molecule has 4 heterocycles. The van der Waals surface area contributed by atoms with Crippen LogP contribution in [0.5, 0.6) is 0 Å². The van der Waals surface area contributed by atoms with E-state index in [4.69, 9.17) is 4.74 Å². The molecule has 1 amide bonds. The van der Waals surface area contributed by atoms with Crippen LogP contribution in [0, 0.1) is 18.3 Å². The lowest BCUT2D eigenvalue weighted by atomic mass is 9.70. The van der Waals surface area contributed by atoms with Crippen molar-refractivity contribution >= 4 is 5.91 Å². The van der Waals surface area contributed by atoms with Gasteiger partial charge in [0.15, 0.2) is 0 Å². The summed E-state index contributed by atoms with van der Waals surface area (Å²) in [6.45, 7) is 5.03. The van der Waals surface area contributed by atoms with Crippen LogP contribution in [-0.2, 0) is 10.9 Å². The Kier molecular flexibility index (Phi) is 4.23. The standard InChI is InChI=1S/C18H22F3N3O2/c1-11-13(6-12(7-23-11)18(19,20)21)16(25)24-10-17(2-4-22-5-3-17)14-8-26-9-15(14)24/h6-7,14-15,22H,2-5,8-10H2,1H3/t14-,15+/m0/s1. The van der Waals surface area contributed by atoms with Gasteiger partial charge in [-0.05, 0) is 44.3 Å². The van der Waals surface area contributed by atoms with E-state index < -0.39 is 11.7 Å². The maximum Gasteiger partial charge on any atom is 0.417 e. The zero-order valence-electron chi connectivity index (χ0n) is 14.6. The highest BCUT2D eigenvalue weighted by Crippen LogP contribution is 2.49. The normalized spacial score (nSPS) is 27.8. The summed E-state index contributed by atoms with van der Waals surface area (Å²) in [5, 5.41) is 3.35. The Hall–Kier alpha value is -1.67. The number of aromatic nitrogens is 1. The van der Waals surface area contributed by atoms with Crippen LogP contribution in [0.25, 0.3) is 0 Å². The van der Waals surface area contributed by atoms with Crippen molar-refractivity contribution in [2.24, 2.45) is 11.3 Å². The van der Waals surface area contributed by atoms with E-state index in [1.165, 1.54) is 0 Å². The summed E-state index contributed by atoms with van der Waals surface area (Å²) < 4.78 is 44.8. The fraction of sp³-hybridized carbons (Fsp3) is 0.667. The Morgan fingerprint density at radius 2 is 2.08 bits per heavy atom. The molecule has 142 valence electrons. The second-order valence-electron chi connectivity index (χ2n) is 7.61. The Balaban J connectivity index is 1.66. The number of ether oxygens (including phenoxy) is 1. The molecule has 3 saturated heterocycles. The highest BCUT2D eigenvalue weighted by molar-refractivity contribution is 5.96. The number of carbonyl (C=O) groups excluding carboxylic acids is 1. The van der Waals surface area contributed by atoms with Crippen molar-refractivity contribution in [3.8, 4) is 0 Å². The zero-order valence-corrected chi connectivity index (χ0v) is 14.6. The first-order valence-electron chi connectivity index (χ1n) is 8.95. The van der Waals surface area contributed by atoms with Gasteiger partial charge >= 0.3 is 6.18 Å². The number of rotatable bonds is 1. The summed E-state index contributed by atoms with van der Waals surface area (Å²) in [5.41, 5.74) is -0.520. The maximum absolute atomic E-state index is 13.2. The van der Waals surface area contributed by atoms with Gasteiger partial charge in [-0.2, -0.15) is 13.2 Å². The number of halogens is 3. The van der Waals surface area contributed by atoms with Gasteiger partial charge in [0, 0.05) is 18.7 Å². The highest BCUT2D eigenvalue weighted by Gasteiger charge is 2.56. The quantitative estimate of drug-likeness (QED) is 0.825. The first-order chi connectivity index (χ1) is 12.3. The molecule has 0 unspecified atom stereocenters. The van der Waals surface area contributed by atoms with Crippen LogP contribution in [0.4, 0.5) is 13.2 Å². The molecule has 2 atom stereocenters. The molecule has 3 aliphatic heterocycles. The van der Waals surface area contributed by atoms with Crippen LogP contribution in [0.15, 0.2) is 12.3 Å². The molecule has 1 aromatic rings. The molecule has 1 spiro atoms. The molecule has 1 aromatic heterocycles. The number of likely N-dealkylation sites (tertiary alicyclic amines) is 1. The topological polar surface area (TPSA) is 54.5 Å². The number of alkyl halides is 3. The predicted octanol–water partition coefficient (Wildman–Crippen LogP) is 2.25. The highest BCUT2D eigenvalue weighted by atomic mass is 19.4. The fourth-order valence-electron chi connectivity index (χ4n) is 4.74. The lowest BCUT2D eigenvalue weighted by molar-refractivity contribution is -0.137. The first kappa shape index (κ1) is 17.7. The van der Waals surface area contributed by atoms with Gasteiger partial charge in [0.25, 0.3) is 5.91 Å². The molecule has 0 aliphatic carbocycles. The summed E-state index contributed by atoms with van der Waals surface area (Å²) in [6.07, 6.45) is -1.82. The molecular formula is C18H22F3N3O2. The summed E-state index contributed by atoms with van der Waals surface area (Å²) in [7, 11) is 0. The lowest BCUT2D eigenvalue weighted by Crippen LogP contribution is -2.43. The van der Waals surface area contributed by atoms with Crippen molar-refractivity contribution in [3.63, 3.8) is 0 Å². The molecule has 8 heteroatoms. The minimum atomic E-state index is -4.52. The zero-order chi connectivity index (χ0) is 18.5. The molecule has 0 aromatic carbocycles. The van der Waals surface area contributed by atoms with Gasteiger partial charge in [-0.3, -0.25) is 9.78 Å². The third-order valence-corrected chi connectivity index (χ3v) is 6.23. The molecule has 0 bridgehead atoms. The van der Waals surface area contributed by atoms with Crippen molar-refractivity contribution in [2.45, 2.75) is 32.0 Å². The molecule has 3 fully saturated rings. The average molecular weight is 369 g/mol. The van der Waals surface area contributed by atoms with Crippen LogP contribution >= 0.6 is 0 Å². The monoisotopic (exact) mass is 369 g/mol. The van der Waals surface area contributed by atoms with Gasteiger partial charge in [-0.1, -0.05) is 0 Å². The second-order valence-corrected chi connectivity index (χ2v) is 7.61. The number of amides is 1. The van der Waals surface area contributed by atoms with E-state index in [2.05, 4.69) is 10.3 Å². The molecular weight excluding hydrogens is 347 g/mol. The largest absolute Gasteiger partial charge is 0.417 e. The van der Waals surface area contributed by atoms with Gasteiger partial charge in [0.2, 0.25) is 0 Å². The predicted molar refractivity (Wildman–Crippen MR) is 87.6 cm³/mol. The van der Waals surface area contributed by atoms with Crippen LogP contribution in [0.1, 0.15) is 34.5 Å². The summed E-state index contributed by atoms with van der Waals surface area (Å²) >= 11 is 0. The fourth-order valence-corrected chi connectivity index (χ4v) is 4.74. The number of carbonyl (C=O) groups is 1. The maximum atomic E-state index is 13.2. The number of fused-ring (bicyclic) bond motifs is 2. The van der Waals surface area contributed by atoms with Crippen molar-refractivity contribution in [2.75, 3.05) is 32.8 Å². The summed E-state index contributed by atoms with van der Waals surface area (Å²) in [4.78, 5) is 18.7. The van der Waals surface area contributed by atoms with Crippen LogP contribution in [-0.4, -0.2) is 54.7 Å². The Labute approximate surface area is 149 Å². The van der Waals surface area contributed by atoms with Crippen molar-refractivity contribution in [3.05, 3.63) is 29.1 Å². The number of nitrogens with one attached hydrogen (secondary N) is 1. The minimum absolute atomic E-state index is 0.00501. The van der Waals surface area contributed by atoms with Crippen LogP contribution in [0.2, 0.25) is 0 Å². The van der Waals surface area contributed by atoms with E-state index >= 15 is 0 Å². The van der Waals surface area contributed by atoms with E-state index in [-0.39, 0.29) is 28.8 Å². The lowest BCUT2D eigenvalue weighted by Gasteiger charge is -2.37. The van der Waals surface area contributed by atoms with Gasteiger partial charge in [-0.15, -0.1) is 0 Å². The molecule has 0 saturated carbocycles. The van der Waals surface area contributed by atoms with Gasteiger partial charge in [-0.25, -0.2) is 0 Å². The average Bonchev–Trinajstić information content (AvgIpc) is 3.18. The number of aryl methyl sites for hydroxylation is 1.